The van der Waals surface area contributed by atoms with E-state index in [0.717, 1.165) is 38.3 Å². The van der Waals surface area contributed by atoms with Gasteiger partial charge in [0.15, 0.2) is 0 Å². The van der Waals surface area contributed by atoms with Crippen molar-refractivity contribution in [1.82, 2.24) is 20.0 Å². The van der Waals surface area contributed by atoms with Gasteiger partial charge in [-0.1, -0.05) is 60.2 Å². The normalized spacial score (nSPS) is 16.0. The van der Waals surface area contributed by atoms with E-state index in [1.165, 1.54) is 5.56 Å². The van der Waals surface area contributed by atoms with Crippen molar-refractivity contribution in [3.63, 3.8) is 0 Å². The van der Waals surface area contributed by atoms with Crippen molar-refractivity contribution in [2.75, 3.05) is 32.7 Å². The SMILES string of the molecule is Clc1cccc(-c2nnc(CN3CCN(C/C=C/c4ccccc4)CC3)o2)c1. The summed E-state index contributed by atoms with van der Waals surface area (Å²) in [5.74, 6) is 1.16. The number of benzene rings is 2. The minimum absolute atomic E-state index is 0.516. The minimum atomic E-state index is 0.516. The third-order valence-electron chi connectivity index (χ3n) is 4.84. The average Bonchev–Trinajstić information content (AvgIpc) is 3.19. The maximum atomic E-state index is 6.03. The van der Waals surface area contributed by atoms with Crippen LogP contribution < -0.4 is 0 Å². The molecule has 28 heavy (non-hydrogen) atoms. The first-order chi connectivity index (χ1) is 13.8. The van der Waals surface area contributed by atoms with Crippen LogP contribution in [-0.2, 0) is 6.54 Å². The van der Waals surface area contributed by atoms with Crippen molar-refractivity contribution < 1.29 is 4.42 Å². The molecule has 0 atom stereocenters. The average molecular weight is 395 g/mol. The van der Waals surface area contributed by atoms with Gasteiger partial charge in [-0.3, -0.25) is 9.80 Å². The monoisotopic (exact) mass is 394 g/mol. The summed E-state index contributed by atoms with van der Waals surface area (Å²) in [6.07, 6.45) is 4.42. The molecule has 0 aliphatic carbocycles. The summed E-state index contributed by atoms with van der Waals surface area (Å²) in [6.45, 7) is 5.72. The fraction of sp³-hybridized carbons (Fsp3) is 0.273. The fourth-order valence-corrected chi connectivity index (χ4v) is 3.47. The molecule has 0 spiro atoms. The highest BCUT2D eigenvalue weighted by Crippen LogP contribution is 2.22. The van der Waals surface area contributed by atoms with E-state index in [2.05, 4.69) is 56.4 Å². The van der Waals surface area contributed by atoms with Crippen molar-refractivity contribution in [3.8, 4) is 11.5 Å². The van der Waals surface area contributed by atoms with Crippen LogP contribution in [0.3, 0.4) is 0 Å². The quantitative estimate of drug-likeness (QED) is 0.626. The zero-order valence-corrected chi connectivity index (χ0v) is 16.4. The molecule has 1 saturated heterocycles. The van der Waals surface area contributed by atoms with Gasteiger partial charge in [0, 0.05) is 43.3 Å². The highest BCUT2D eigenvalue weighted by atomic mass is 35.5. The summed E-state index contributed by atoms with van der Waals surface area (Å²) < 4.78 is 5.82. The van der Waals surface area contributed by atoms with E-state index >= 15 is 0 Å². The van der Waals surface area contributed by atoms with Crippen molar-refractivity contribution in [2.45, 2.75) is 6.54 Å². The topological polar surface area (TPSA) is 45.4 Å². The first-order valence-corrected chi connectivity index (χ1v) is 9.89. The van der Waals surface area contributed by atoms with E-state index in [1.807, 2.05) is 30.3 Å². The molecule has 0 saturated carbocycles. The maximum Gasteiger partial charge on any atom is 0.247 e. The Morgan fingerprint density at radius 1 is 0.929 bits per heavy atom. The number of rotatable bonds is 6. The number of hydrogen-bond acceptors (Lipinski definition) is 5. The highest BCUT2D eigenvalue weighted by Gasteiger charge is 2.18. The molecule has 1 aliphatic rings. The van der Waals surface area contributed by atoms with Gasteiger partial charge in [0.25, 0.3) is 0 Å². The summed E-state index contributed by atoms with van der Waals surface area (Å²) in [5, 5.41) is 9.01. The Morgan fingerprint density at radius 2 is 1.71 bits per heavy atom. The zero-order chi connectivity index (χ0) is 19.2. The van der Waals surface area contributed by atoms with Crippen molar-refractivity contribution in [3.05, 3.63) is 77.2 Å². The molecule has 4 rings (SSSR count). The Bertz CT molecular complexity index is 917. The van der Waals surface area contributed by atoms with Gasteiger partial charge in [-0.25, -0.2) is 0 Å². The smallest absolute Gasteiger partial charge is 0.247 e. The first kappa shape index (κ1) is 18.9. The number of piperazine rings is 1. The second-order valence-corrected chi connectivity index (χ2v) is 7.34. The van der Waals surface area contributed by atoms with Crippen LogP contribution in [0.4, 0.5) is 0 Å². The molecule has 6 heteroatoms. The molecule has 5 nitrogen and oxygen atoms in total. The molecule has 3 aromatic rings. The van der Waals surface area contributed by atoms with Gasteiger partial charge in [0.1, 0.15) is 0 Å². The van der Waals surface area contributed by atoms with Crippen LogP contribution in [-0.4, -0.2) is 52.7 Å². The molecular formula is C22H23ClN4O. The fourth-order valence-electron chi connectivity index (χ4n) is 3.28. The van der Waals surface area contributed by atoms with Crippen molar-refractivity contribution in [2.24, 2.45) is 0 Å². The lowest BCUT2D eigenvalue weighted by Gasteiger charge is -2.33. The van der Waals surface area contributed by atoms with Gasteiger partial charge < -0.3 is 4.42 Å². The molecule has 2 heterocycles. The second kappa shape index (κ2) is 9.15. The lowest BCUT2D eigenvalue weighted by molar-refractivity contribution is 0.128. The van der Waals surface area contributed by atoms with Crippen LogP contribution in [0.5, 0.6) is 0 Å². The summed E-state index contributed by atoms with van der Waals surface area (Å²) >= 11 is 6.03. The lowest BCUT2D eigenvalue weighted by atomic mass is 10.2. The van der Waals surface area contributed by atoms with Gasteiger partial charge in [0.05, 0.1) is 6.54 Å². The first-order valence-electron chi connectivity index (χ1n) is 9.51. The Balaban J connectivity index is 1.25. The van der Waals surface area contributed by atoms with E-state index in [4.69, 9.17) is 16.0 Å². The Kier molecular flexibility index (Phi) is 6.17. The molecule has 1 aliphatic heterocycles. The molecule has 1 aromatic heterocycles. The van der Waals surface area contributed by atoms with Gasteiger partial charge in [-0.15, -0.1) is 10.2 Å². The number of nitrogens with zero attached hydrogens (tertiary/aromatic N) is 4. The van der Waals surface area contributed by atoms with Gasteiger partial charge >= 0.3 is 0 Å². The number of aromatic nitrogens is 2. The summed E-state index contributed by atoms with van der Waals surface area (Å²) in [5.41, 5.74) is 2.09. The van der Waals surface area contributed by atoms with Crippen LogP contribution in [0.1, 0.15) is 11.5 Å². The lowest BCUT2D eigenvalue weighted by Crippen LogP contribution is -2.45. The Morgan fingerprint density at radius 3 is 2.50 bits per heavy atom. The molecule has 0 radical (unpaired) electrons. The molecule has 1 fully saturated rings. The predicted octanol–water partition coefficient (Wildman–Crippen LogP) is 4.22. The highest BCUT2D eigenvalue weighted by molar-refractivity contribution is 6.30. The van der Waals surface area contributed by atoms with Gasteiger partial charge in [0.2, 0.25) is 11.8 Å². The molecule has 0 bridgehead atoms. The molecule has 0 unspecified atom stereocenters. The van der Waals surface area contributed by atoms with Crippen LogP contribution in [0.15, 0.2) is 65.1 Å². The Hall–Kier alpha value is -2.47. The Labute approximate surface area is 170 Å². The summed E-state index contributed by atoms with van der Waals surface area (Å²) in [4.78, 5) is 4.81. The predicted molar refractivity (Wildman–Crippen MR) is 112 cm³/mol. The molecule has 144 valence electrons. The van der Waals surface area contributed by atoms with E-state index in [9.17, 15) is 0 Å². The van der Waals surface area contributed by atoms with E-state index in [-0.39, 0.29) is 0 Å². The third kappa shape index (κ3) is 5.07. The van der Waals surface area contributed by atoms with Gasteiger partial charge in [-0.05, 0) is 23.8 Å². The molecule has 0 amide bonds. The number of halogens is 1. The molecular weight excluding hydrogens is 372 g/mol. The van der Waals surface area contributed by atoms with E-state index in [0.29, 0.717) is 23.3 Å². The molecule has 0 N–H and O–H groups in total. The number of hydrogen-bond donors (Lipinski definition) is 0. The van der Waals surface area contributed by atoms with Crippen molar-refractivity contribution >= 4 is 17.7 Å². The van der Waals surface area contributed by atoms with Crippen LogP contribution in [0, 0.1) is 0 Å². The van der Waals surface area contributed by atoms with E-state index in [1.54, 1.807) is 0 Å². The van der Waals surface area contributed by atoms with Crippen LogP contribution in [0.25, 0.3) is 17.5 Å². The van der Waals surface area contributed by atoms with Gasteiger partial charge in [-0.2, -0.15) is 0 Å². The standard InChI is InChI=1S/C22H23ClN4O/c23-20-10-4-9-19(16-20)22-25-24-21(28-22)17-27-14-12-26(13-15-27)11-5-8-18-6-2-1-3-7-18/h1-10,16H,11-15,17H2/b8-5+. The van der Waals surface area contributed by atoms with Crippen LogP contribution >= 0.6 is 11.6 Å². The third-order valence-corrected chi connectivity index (χ3v) is 5.07. The molecule has 2 aromatic carbocycles. The van der Waals surface area contributed by atoms with E-state index < -0.39 is 0 Å². The zero-order valence-electron chi connectivity index (χ0n) is 15.7. The minimum Gasteiger partial charge on any atom is -0.419 e. The summed E-state index contributed by atoms with van der Waals surface area (Å²) in [7, 11) is 0. The van der Waals surface area contributed by atoms with Crippen LogP contribution in [0.2, 0.25) is 5.02 Å². The van der Waals surface area contributed by atoms with Crippen molar-refractivity contribution in [1.29, 1.82) is 0 Å². The maximum absolute atomic E-state index is 6.03. The summed E-state index contributed by atoms with van der Waals surface area (Å²) in [6, 6.07) is 17.9. The largest absolute Gasteiger partial charge is 0.419 e. The second-order valence-electron chi connectivity index (χ2n) is 6.90.